The van der Waals surface area contributed by atoms with E-state index in [1.807, 2.05) is 6.92 Å². The van der Waals surface area contributed by atoms with Gasteiger partial charge in [-0.15, -0.1) is 0 Å². The fourth-order valence-corrected chi connectivity index (χ4v) is 2.71. The smallest absolute Gasteiger partial charge is 0.269 e. The van der Waals surface area contributed by atoms with E-state index >= 15 is 0 Å². The molecule has 0 fully saturated rings. The number of nitro groups is 1. The van der Waals surface area contributed by atoms with Crippen molar-refractivity contribution in [1.82, 2.24) is 0 Å². The molecule has 2 aromatic rings. The van der Waals surface area contributed by atoms with Crippen LogP contribution < -0.4 is 9.47 Å². The highest BCUT2D eigenvalue weighted by Gasteiger charge is 2.13. The maximum absolute atomic E-state index is 10.9. The molecule has 0 radical (unpaired) electrons. The molecule has 7 heteroatoms. The summed E-state index contributed by atoms with van der Waals surface area (Å²) in [4.78, 5) is 21.1. The van der Waals surface area contributed by atoms with Crippen LogP contribution in [0.25, 0.3) is 0 Å². The molecule has 6 nitrogen and oxygen atoms in total. The third-order valence-corrected chi connectivity index (χ3v) is 3.80. The summed E-state index contributed by atoms with van der Waals surface area (Å²) in [5, 5.41) is 10.6. The van der Waals surface area contributed by atoms with E-state index in [4.69, 9.17) is 9.47 Å². The summed E-state index contributed by atoms with van der Waals surface area (Å²) in [5.41, 5.74) is 1.35. The largest absolute Gasteiger partial charge is 0.490 e. The van der Waals surface area contributed by atoms with Gasteiger partial charge in [0.05, 0.1) is 15.1 Å². The van der Waals surface area contributed by atoms with Crippen molar-refractivity contribution < 1.29 is 19.2 Å². The Kier molecular flexibility index (Phi) is 5.91. The van der Waals surface area contributed by atoms with Crippen LogP contribution >= 0.6 is 22.6 Å². The molecule has 120 valence electrons. The minimum atomic E-state index is -0.446. The molecule has 0 aromatic heterocycles. The number of non-ortho nitro benzene ring substituents is 1. The highest BCUT2D eigenvalue weighted by atomic mass is 127. The molecule has 0 aliphatic carbocycles. The summed E-state index contributed by atoms with van der Waals surface area (Å²) >= 11 is 2.08. The molecule has 0 unspecified atom stereocenters. The fraction of sp³-hybridized carbons (Fsp3) is 0.188. The molecule has 0 aliphatic rings. The van der Waals surface area contributed by atoms with E-state index < -0.39 is 4.92 Å². The Morgan fingerprint density at radius 1 is 1.22 bits per heavy atom. The molecule has 0 atom stereocenters. The average molecular weight is 427 g/mol. The zero-order valence-electron chi connectivity index (χ0n) is 12.3. The molecule has 0 spiro atoms. The van der Waals surface area contributed by atoms with Gasteiger partial charge in [0, 0.05) is 17.7 Å². The number of halogens is 1. The SMILES string of the molecule is CCOc1cc(C=O)cc(I)c1OCc1ccc([N+](=O)[O-])cc1. The van der Waals surface area contributed by atoms with Crippen LogP contribution in [0.4, 0.5) is 5.69 Å². The molecule has 0 bridgehead atoms. The average Bonchev–Trinajstić information content (AvgIpc) is 2.54. The van der Waals surface area contributed by atoms with Crippen molar-refractivity contribution in [2.24, 2.45) is 0 Å². The molecular weight excluding hydrogens is 413 g/mol. The lowest BCUT2D eigenvalue weighted by Crippen LogP contribution is -2.02. The van der Waals surface area contributed by atoms with Gasteiger partial charge >= 0.3 is 0 Å². The lowest BCUT2D eigenvalue weighted by molar-refractivity contribution is -0.384. The normalized spacial score (nSPS) is 10.2. The van der Waals surface area contributed by atoms with E-state index in [0.29, 0.717) is 23.7 Å². The van der Waals surface area contributed by atoms with Crippen molar-refractivity contribution in [3.8, 4) is 11.5 Å². The van der Waals surface area contributed by atoms with E-state index in [1.54, 1.807) is 24.3 Å². The van der Waals surface area contributed by atoms with Crippen LogP contribution in [0.1, 0.15) is 22.8 Å². The zero-order chi connectivity index (χ0) is 16.8. The first-order valence-electron chi connectivity index (χ1n) is 6.82. The number of carbonyl (C=O) groups is 1. The summed E-state index contributed by atoms with van der Waals surface area (Å²) in [6.45, 7) is 2.54. The van der Waals surface area contributed by atoms with Gasteiger partial charge in [-0.25, -0.2) is 0 Å². The van der Waals surface area contributed by atoms with Gasteiger partial charge in [0.2, 0.25) is 0 Å². The second-order valence-electron chi connectivity index (χ2n) is 4.59. The van der Waals surface area contributed by atoms with Crippen LogP contribution in [-0.4, -0.2) is 17.8 Å². The number of rotatable bonds is 7. The minimum absolute atomic E-state index is 0.0358. The maximum atomic E-state index is 10.9. The Labute approximate surface area is 146 Å². The van der Waals surface area contributed by atoms with Crippen LogP contribution in [0.5, 0.6) is 11.5 Å². The summed E-state index contributed by atoms with van der Waals surface area (Å²) in [6, 6.07) is 9.49. The van der Waals surface area contributed by atoms with Crippen molar-refractivity contribution in [1.29, 1.82) is 0 Å². The lowest BCUT2D eigenvalue weighted by atomic mass is 10.2. The number of carbonyl (C=O) groups excluding carboxylic acids is 1. The first-order valence-corrected chi connectivity index (χ1v) is 7.90. The summed E-state index contributed by atoms with van der Waals surface area (Å²) < 4.78 is 12.1. The summed E-state index contributed by atoms with van der Waals surface area (Å²) in [7, 11) is 0. The Morgan fingerprint density at radius 2 is 1.91 bits per heavy atom. The van der Waals surface area contributed by atoms with Crippen molar-refractivity contribution in [2.75, 3.05) is 6.61 Å². The van der Waals surface area contributed by atoms with Crippen LogP contribution in [0, 0.1) is 13.7 Å². The van der Waals surface area contributed by atoms with Gasteiger partial charge in [0.15, 0.2) is 11.5 Å². The maximum Gasteiger partial charge on any atom is 0.269 e. The molecule has 2 aromatic carbocycles. The van der Waals surface area contributed by atoms with Gasteiger partial charge in [0.1, 0.15) is 12.9 Å². The molecule has 2 rings (SSSR count). The minimum Gasteiger partial charge on any atom is -0.490 e. The van der Waals surface area contributed by atoms with E-state index in [2.05, 4.69) is 22.6 Å². The highest BCUT2D eigenvalue weighted by molar-refractivity contribution is 14.1. The lowest BCUT2D eigenvalue weighted by Gasteiger charge is -2.14. The molecule has 0 saturated heterocycles. The molecule has 0 N–H and O–H groups in total. The number of nitrogens with zero attached hydrogens (tertiary/aromatic N) is 1. The third kappa shape index (κ3) is 4.41. The van der Waals surface area contributed by atoms with Crippen molar-refractivity contribution in [2.45, 2.75) is 13.5 Å². The Balaban J connectivity index is 2.18. The number of benzene rings is 2. The fourth-order valence-electron chi connectivity index (χ4n) is 1.93. The van der Waals surface area contributed by atoms with Crippen LogP contribution in [0.2, 0.25) is 0 Å². The molecule has 0 amide bonds. The standard InChI is InChI=1S/C16H14INO5/c1-2-22-15-8-12(9-19)7-14(17)16(15)23-10-11-3-5-13(6-4-11)18(20)21/h3-9H,2,10H2,1H3. The predicted octanol–water partition coefficient (Wildman–Crippen LogP) is 3.99. The quantitative estimate of drug-likeness (QED) is 0.289. The third-order valence-electron chi connectivity index (χ3n) is 3.00. The molecule has 0 aliphatic heterocycles. The van der Waals surface area contributed by atoms with Crippen LogP contribution in [0.3, 0.4) is 0 Å². The number of nitro benzene ring substituents is 1. The van der Waals surface area contributed by atoms with Crippen molar-refractivity contribution >= 4 is 34.6 Å². The molecular formula is C16H14INO5. The number of ether oxygens (including phenoxy) is 2. The first kappa shape index (κ1) is 17.2. The van der Waals surface area contributed by atoms with E-state index in [-0.39, 0.29) is 12.3 Å². The topological polar surface area (TPSA) is 78.7 Å². The Hall–Kier alpha value is -2.16. The molecule has 0 saturated carbocycles. The van der Waals surface area contributed by atoms with Gasteiger partial charge in [-0.05, 0) is 59.3 Å². The van der Waals surface area contributed by atoms with Gasteiger partial charge in [-0.3, -0.25) is 14.9 Å². The van der Waals surface area contributed by atoms with E-state index in [1.165, 1.54) is 12.1 Å². The Morgan fingerprint density at radius 3 is 2.48 bits per heavy atom. The van der Waals surface area contributed by atoms with Gasteiger partial charge < -0.3 is 9.47 Å². The second kappa shape index (κ2) is 7.91. The molecule has 0 heterocycles. The van der Waals surface area contributed by atoms with Crippen molar-refractivity contribution in [3.63, 3.8) is 0 Å². The zero-order valence-corrected chi connectivity index (χ0v) is 14.5. The van der Waals surface area contributed by atoms with Crippen molar-refractivity contribution in [3.05, 3.63) is 61.2 Å². The van der Waals surface area contributed by atoms with E-state index in [9.17, 15) is 14.9 Å². The van der Waals surface area contributed by atoms with Crippen LogP contribution in [-0.2, 0) is 6.61 Å². The molecule has 23 heavy (non-hydrogen) atoms. The number of hydrogen-bond acceptors (Lipinski definition) is 5. The first-order chi connectivity index (χ1) is 11.0. The predicted molar refractivity (Wildman–Crippen MR) is 93.1 cm³/mol. The number of hydrogen-bond donors (Lipinski definition) is 0. The van der Waals surface area contributed by atoms with Crippen LogP contribution in [0.15, 0.2) is 36.4 Å². The van der Waals surface area contributed by atoms with Gasteiger partial charge in [-0.1, -0.05) is 0 Å². The second-order valence-corrected chi connectivity index (χ2v) is 5.76. The highest BCUT2D eigenvalue weighted by Crippen LogP contribution is 2.34. The monoisotopic (exact) mass is 427 g/mol. The number of aldehydes is 1. The Bertz CT molecular complexity index is 715. The summed E-state index contributed by atoms with van der Waals surface area (Å²) in [5.74, 6) is 1.06. The van der Waals surface area contributed by atoms with Gasteiger partial charge in [0.25, 0.3) is 5.69 Å². The summed E-state index contributed by atoms with van der Waals surface area (Å²) in [6.07, 6.45) is 0.755. The van der Waals surface area contributed by atoms with E-state index in [0.717, 1.165) is 15.4 Å². The van der Waals surface area contributed by atoms with Gasteiger partial charge in [-0.2, -0.15) is 0 Å².